The maximum Gasteiger partial charge on any atom is 0.0622 e. The fraction of sp³-hybridized carbons (Fsp3) is 1.00. The quantitative estimate of drug-likeness (QED) is 0.554. The van der Waals surface area contributed by atoms with Crippen LogP contribution in [0.5, 0.6) is 0 Å². The van der Waals surface area contributed by atoms with Crippen LogP contribution in [0.4, 0.5) is 0 Å². The number of hydrogen-bond acceptors (Lipinski definition) is 2. The molecule has 2 aliphatic heterocycles. The summed E-state index contributed by atoms with van der Waals surface area (Å²) in [5.74, 6) is 0. The van der Waals surface area contributed by atoms with Gasteiger partial charge in [-0.3, -0.25) is 4.90 Å². The molecule has 0 radical (unpaired) electrons. The number of hydrogen-bond donors (Lipinski definition) is 0. The predicted molar refractivity (Wildman–Crippen MR) is 45.1 cm³/mol. The summed E-state index contributed by atoms with van der Waals surface area (Å²) in [7, 11) is 0. The van der Waals surface area contributed by atoms with Crippen LogP contribution >= 0.6 is 11.6 Å². The predicted octanol–water partition coefficient (Wildman–Crippen LogP) is 1.09. The zero-order valence-corrected chi connectivity index (χ0v) is 7.39. The molecule has 0 amide bonds. The maximum atomic E-state index is 6.00. The molecular formula is C8H14ClNO. The van der Waals surface area contributed by atoms with E-state index in [9.17, 15) is 0 Å². The van der Waals surface area contributed by atoms with Gasteiger partial charge < -0.3 is 4.74 Å². The molecule has 64 valence electrons. The molecule has 2 saturated heterocycles. The van der Waals surface area contributed by atoms with Gasteiger partial charge in [0.1, 0.15) is 0 Å². The molecule has 0 aromatic carbocycles. The van der Waals surface area contributed by atoms with Crippen molar-refractivity contribution >= 4 is 11.6 Å². The summed E-state index contributed by atoms with van der Waals surface area (Å²) in [4.78, 5) is 2.46. The van der Waals surface area contributed by atoms with Crippen LogP contribution in [0.3, 0.4) is 0 Å². The molecule has 0 aromatic rings. The van der Waals surface area contributed by atoms with Crippen LogP contribution in [0.25, 0.3) is 0 Å². The van der Waals surface area contributed by atoms with E-state index in [1.807, 2.05) is 0 Å². The van der Waals surface area contributed by atoms with E-state index in [-0.39, 0.29) is 0 Å². The highest BCUT2D eigenvalue weighted by Gasteiger charge is 2.29. The Bertz CT molecular complexity index is 136. The van der Waals surface area contributed by atoms with E-state index in [1.165, 1.54) is 13.0 Å². The molecule has 11 heavy (non-hydrogen) atoms. The second-order valence-electron chi connectivity index (χ2n) is 3.40. The van der Waals surface area contributed by atoms with E-state index in [1.54, 1.807) is 0 Å². The Labute approximate surface area is 72.5 Å². The van der Waals surface area contributed by atoms with Gasteiger partial charge in [-0.05, 0) is 12.8 Å². The minimum Gasteiger partial charge on any atom is -0.380 e. The van der Waals surface area contributed by atoms with Gasteiger partial charge in [0, 0.05) is 31.1 Å². The highest BCUT2D eigenvalue weighted by molar-refractivity contribution is 6.20. The molecule has 2 unspecified atom stereocenters. The number of likely N-dealkylation sites (tertiary alicyclic amines) is 1. The lowest BCUT2D eigenvalue weighted by atomic mass is 10.2. The maximum absolute atomic E-state index is 6.00. The van der Waals surface area contributed by atoms with Crippen LogP contribution < -0.4 is 0 Å². The zero-order valence-electron chi connectivity index (χ0n) is 6.63. The van der Waals surface area contributed by atoms with E-state index in [2.05, 4.69) is 4.90 Å². The molecule has 3 heteroatoms. The highest BCUT2D eigenvalue weighted by Crippen LogP contribution is 2.21. The summed E-state index contributed by atoms with van der Waals surface area (Å²) in [5.41, 5.74) is 0. The summed E-state index contributed by atoms with van der Waals surface area (Å²) in [6.07, 6.45) is 2.35. The second-order valence-corrected chi connectivity index (χ2v) is 4.02. The topological polar surface area (TPSA) is 12.5 Å². The fourth-order valence-corrected chi connectivity index (χ4v) is 2.16. The third kappa shape index (κ3) is 1.68. The van der Waals surface area contributed by atoms with Gasteiger partial charge in [0.05, 0.1) is 6.61 Å². The third-order valence-electron chi connectivity index (χ3n) is 2.58. The first-order chi connectivity index (χ1) is 5.36. The van der Waals surface area contributed by atoms with Crippen LogP contribution in [-0.4, -0.2) is 42.6 Å². The molecular weight excluding hydrogens is 162 g/mol. The van der Waals surface area contributed by atoms with Crippen molar-refractivity contribution in [3.05, 3.63) is 0 Å². The van der Waals surface area contributed by atoms with Crippen molar-refractivity contribution in [2.45, 2.75) is 24.3 Å². The van der Waals surface area contributed by atoms with E-state index >= 15 is 0 Å². The lowest BCUT2D eigenvalue weighted by molar-refractivity contribution is 0.159. The molecule has 0 aliphatic carbocycles. The monoisotopic (exact) mass is 175 g/mol. The van der Waals surface area contributed by atoms with E-state index < -0.39 is 0 Å². The van der Waals surface area contributed by atoms with E-state index in [0.29, 0.717) is 11.4 Å². The van der Waals surface area contributed by atoms with Crippen LogP contribution in [0.2, 0.25) is 0 Å². The van der Waals surface area contributed by atoms with Crippen molar-refractivity contribution in [2.75, 3.05) is 26.3 Å². The average Bonchev–Trinajstić information content (AvgIpc) is 2.55. The Kier molecular flexibility index (Phi) is 2.35. The standard InChI is InChI=1S/C8H14ClNO/c9-7-1-3-10(5-7)8-2-4-11-6-8/h7-8H,1-6H2. The van der Waals surface area contributed by atoms with Crippen molar-refractivity contribution in [1.29, 1.82) is 0 Å². The number of rotatable bonds is 1. The Balaban J connectivity index is 1.85. The van der Waals surface area contributed by atoms with Crippen molar-refractivity contribution < 1.29 is 4.74 Å². The number of nitrogens with zero attached hydrogens (tertiary/aromatic N) is 1. The van der Waals surface area contributed by atoms with Gasteiger partial charge >= 0.3 is 0 Å². The van der Waals surface area contributed by atoms with Crippen molar-refractivity contribution in [1.82, 2.24) is 4.90 Å². The average molecular weight is 176 g/mol. The highest BCUT2D eigenvalue weighted by atomic mass is 35.5. The van der Waals surface area contributed by atoms with Crippen LogP contribution in [0.15, 0.2) is 0 Å². The summed E-state index contributed by atoms with van der Waals surface area (Å²) in [6.45, 7) is 4.09. The first-order valence-electron chi connectivity index (χ1n) is 4.32. The largest absolute Gasteiger partial charge is 0.380 e. The number of alkyl halides is 1. The van der Waals surface area contributed by atoms with Gasteiger partial charge in [0.2, 0.25) is 0 Å². The van der Waals surface area contributed by atoms with Crippen molar-refractivity contribution in [3.8, 4) is 0 Å². The van der Waals surface area contributed by atoms with Crippen molar-refractivity contribution in [2.24, 2.45) is 0 Å². The molecule has 2 fully saturated rings. The molecule has 2 atom stereocenters. The minimum absolute atomic E-state index is 0.385. The van der Waals surface area contributed by atoms with Gasteiger partial charge in [-0.1, -0.05) is 0 Å². The Morgan fingerprint density at radius 3 is 2.82 bits per heavy atom. The number of halogens is 1. The molecule has 2 nitrogen and oxygen atoms in total. The third-order valence-corrected chi connectivity index (χ3v) is 2.94. The molecule has 0 N–H and O–H groups in total. The summed E-state index contributed by atoms with van der Waals surface area (Å²) in [5, 5.41) is 0.385. The molecule has 2 rings (SSSR count). The Morgan fingerprint density at radius 1 is 1.36 bits per heavy atom. The van der Waals surface area contributed by atoms with Crippen LogP contribution in [-0.2, 0) is 4.74 Å². The van der Waals surface area contributed by atoms with Crippen LogP contribution in [0.1, 0.15) is 12.8 Å². The lowest BCUT2D eigenvalue weighted by Crippen LogP contribution is -2.33. The van der Waals surface area contributed by atoms with Gasteiger partial charge in [-0.15, -0.1) is 11.6 Å². The van der Waals surface area contributed by atoms with Gasteiger partial charge in [0.25, 0.3) is 0 Å². The first-order valence-corrected chi connectivity index (χ1v) is 4.76. The molecule has 0 bridgehead atoms. The smallest absolute Gasteiger partial charge is 0.0622 e. The zero-order chi connectivity index (χ0) is 7.68. The SMILES string of the molecule is ClC1CCN(C2CCOC2)C1. The van der Waals surface area contributed by atoms with E-state index in [0.717, 1.165) is 26.2 Å². The van der Waals surface area contributed by atoms with Crippen LogP contribution in [0, 0.1) is 0 Å². The number of ether oxygens (including phenoxy) is 1. The molecule has 0 spiro atoms. The van der Waals surface area contributed by atoms with Gasteiger partial charge in [-0.2, -0.15) is 0 Å². The lowest BCUT2D eigenvalue weighted by Gasteiger charge is -2.21. The Hall–Kier alpha value is 0.210. The van der Waals surface area contributed by atoms with Crippen molar-refractivity contribution in [3.63, 3.8) is 0 Å². The summed E-state index contributed by atoms with van der Waals surface area (Å²) in [6, 6.07) is 0.666. The first kappa shape index (κ1) is 7.84. The normalized spacial score (nSPS) is 40.1. The van der Waals surface area contributed by atoms with Gasteiger partial charge in [0.15, 0.2) is 0 Å². The molecule has 2 heterocycles. The van der Waals surface area contributed by atoms with Gasteiger partial charge in [-0.25, -0.2) is 0 Å². The van der Waals surface area contributed by atoms with E-state index in [4.69, 9.17) is 16.3 Å². The molecule has 0 saturated carbocycles. The Morgan fingerprint density at radius 2 is 2.27 bits per heavy atom. The molecule has 2 aliphatic rings. The fourth-order valence-electron chi connectivity index (χ4n) is 1.88. The minimum atomic E-state index is 0.385. The summed E-state index contributed by atoms with van der Waals surface area (Å²) < 4.78 is 5.32. The summed E-state index contributed by atoms with van der Waals surface area (Å²) >= 11 is 6.00. The molecule has 0 aromatic heterocycles. The second kappa shape index (κ2) is 3.30.